The number of carbonyl (C=O) groups excluding carboxylic acids is 1. The van der Waals surface area contributed by atoms with Gasteiger partial charge < -0.3 is 15.4 Å². The molecule has 1 aromatic carbocycles. The van der Waals surface area contributed by atoms with Crippen LogP contribution >= 0.6 is 0 Å². The molecule has 1 amide bonds. The highest BCUT2D eigenvalue weighted by molar-refractivity contribution is 5.75. The standard InChI is InChI=1S/C14H22N2O2/c1-3-15-11-12-7-5-6-8-13(12)18-10-9-14(17)16-4-2/h5-8,15H,3-4,9-11H2,1-2H3,(H,16,17). The lowest BCUT2D eigenvalue weighted by Crippen LogP contribution is -2.24. The quantitative estimate of drug-likeness (QED) is 0.738. The zero-order valence-corrected chi connectivity index (χ0v) is 11.2. The Hall–Kier alpha value is -1.55. The number of hydrogen-bond acceptors (Lipinski definition) is 3. The Balaban J connectivity index is 2.43. The average molecular weight is 250 g/mol. The molecule has 0 saturated carbocycles. The van der Waals surface area contributed by atoms with Gasteiger partial charge >= 0.3 is 0 Å². The molecule has 18 heavy (non-hydrogen) atoms. The van der Waals surface area contributed by atoms with Crippen molar-refractivity contribution in [3.05, 3.63) is 29.8 Å². The molecule has 0 unspecified atom stereocenters. The number of rotatable bonds is 8. The summed E-state index contributed by atoms with van der Waals surface area (Å²) in [6.07, 6.45) is 0.392. The van der Waals surface area contributed by atoms with Gasteiger partial charge in [0, 0.05) is 18.7 Å². The predicted molar refractivity (Wildman–Crippen MR) is 72.6 cm³/mol. The Morgan fingerprint density at radius 2 is 2.00 bits per heavy atom. The van der Waals surface area contributed by atoms with Crippen LogP contribution in [0.2, 0.25) is 0 Å². The fourth-order valence-corrected chi connectivity index (χ4v) is 1.59. The van der Waals surface area contributed by atoms with Gasteiger partial charge in [-0.05, 0) is 19.5 Å². The third-order valence-electron chi connectivity index (χ3n) is 2.50. The third-order valence-corrected chi connectivity index (χ3v) is 2.50. The van der Waals surface area contributed by atoms with Gasteiger partial charge in [0.25, 0.3) is 0 Å². The van der Waals surface area contributed by atoms with Crippen molar-refractivity contribution in [2.24, 2.45) is 0 Å². The van der Waals surface area contributed by atoms with Gasteiger partial charge in [-0.3, -0.25) is 4.79 Å². The molecular formula is C14H22N2O2. The van der Waals surface area contributed by atoms with Crippen LogP contribution < -0.4 is 15.4 Å². The van der Waals surface area contributed by atoms with E-state index >= 15 is 0 Å². The van der Waals surface area contributed by atoms with Crippen LogP contribution in [-0.2, 0) is 11.3 Å². The van der Waals surface area contributed by atoms with Crippen molar-refractivity contribution in [3.8, 4) is 5.75 Å². The van der Waals surface area contributed by atoms with Crippen LogP contribution in [0.3, 0.4) is 0 Å². The minimum absolute atomic E-state index is 0.0293. The van der Waals surface area contributed by atoms with E-state index in [0.29, 0.717) is 19.6 Å². The number of benzene rings is 1. The predicted octanol–water partition coefficient (Wildman–Crippen LogP) is 1.70. The van der Waals surface area contributed by atoms with Gasteiger partial charge in [0.1, 0.15) is 5.75 Å². The number of amides is 1. The van der Waals surface area contributed by atoms with Crippen LogP contribution in [0.25, 0.3) is 0 Å². The Kier molecular flexibility index (Phi) is 6.87. The van der Waals surface area contributed by atoms with Crippen molar-refractivity contribution in [2.75, 3.05) is 19.7 Å². The Bertz CT molecular complexity index is 367. The van der Waals surface area contributed by atoms with Crippen LogP contribution in [0, 0.1) is 0 Å². The number of hydrogen-bond donors (Lipinski definition) is 2. The highest BCUT2D eigenvalue weighted by Gasteiger charge is 2.04. The molecule has 0 aromatic heterocycles. The summed E-state index contributed by atoms with van der Waals surface area (Å²) in [6, 6.07) is 7.90. The van der Waals surface area contributed by atoms with Gasteiger partial charge in [-0.15, -0.1) is 0 Å². The van der Waals surface area contributed by atoms with Crippen molar-refractivity contribution in [1.82, 2.24) is 10.6 Å². The van der Waals surface area contributed by atoms with E-state index < -0.39 is 0 Å². The molecule has 0 spiro atoms. The lowest BCUT2D eigenvalue weighted by molar-refractivity contribution is -0.121. The fourth-order valence-electron chi connectivity index (χ4n) is 1.59. The zero-order chi connectivity index (χ0) is 13.2. The molecule has 0 heterocycles. The normalized spacial score (nSPS) is 10.1. The van der Waals surface area contributed by atoms with Crippen LogP contribution in [0.1, 0.15) is 25.8 Å². The molecule has 0 aliphatic carbocycles. The number of para-hydroxylation sites is 1. The molecular weight excluding hydrogens is 228 g/mol. The van der Waals surface area contributed by atoms with E-state index in [-0.39, 0.29) is 5.91 Å². The van der Waals surface area contributed by atoms with E-state index in [1.807, 2.05) is 31.2 Å². The molecule has 2 N–H and O–H groups in total. The maximum Gasteiger partial charge on any atom is 0.223 e. The Morgan fingerprint density at radius 1 is 1.22 bits per heavy atom. The molecule has 0 saturated heterocycles. The van der Waals surface area contributed by atoms with E-state index in [1.54, 1.807) is 0 Å². The summed E-state index contributed by atoms with van der Waals surface area (Å²) in [5.74, 6) is 0.879. The second-order valence-electron chi connectivity index (χ2n) is 3.94. The van der Waals surface area contributed by atoms with Crippen molar-refractivity contribution < 1.29 is 9.53 Å². The highest BCUT2D eigenvalue weighted by Crippen LogP contribution is 2.17. The van der Waals surface area contributed by atoms with Crippen LogP contribution in [-0.4, -0.2) is 25.6 Å². The van der Waals surface area contributed by atoms with Crippen LogP contribution in [0.15, 0.2) is 24.3 Å². The van der Waals surface area contributed by atoms with Gasteiger partial charge in [0.15, 0.2) is 0 Å². The first-order valence-electron chi connectivity index (χ1n) is 6.46. The summed E-state index contributed by atoms with van der Waals surface area (Å²) in [6.45, 7) is 6.76. The lowest BCUT2D eigenvalue weighted by Gasteiger charge is -2.11. The van der Waals surface area contributed by atoms with Gasteiger partial charge in [0.05, 0.1) is 13.0 Å². The summed E-state index contributed by atoms with van der Waals surface area (Å²) in [7, 11) is 0. The molecule has 4 heteroatoms. The second kappa shape index (κ2) is 8.53. The van der Waals surface area contributed by atoms with Crippen molar-refractivity contribution in [2.45, 2.75) is 26.8 Å². The smallest absolute Gasteiger partial charge is 0.223 e. The summed E-state index contributed by atoms with van der Waals surface area (Å²) in [5.41, 5.74) is 1.12. The molecule has 0 bridgehead atoms. The highest BCUT2D eigenvalue weighted by atomic mass is 16.5. The van der Waals surface area contributed by atoms with Crippen LogP contribution in [0.5, 0.6) is 5.75 Å². The third kappa shape index (κ3) is 5.19. The van der Waals surface area contributed by atoms with E-state index in [0.717, 1.165) is 24.4 Å². The zero-order valence-electron chi connectivity index (χ0n) is 11.2. The first-order chi connectivity index (χ1) is 8.77. The van der Waals surface area contributed by atoms with Crippen LogP contribution in [0.4, 0.5) is 0 Å². The first-order valence-corrected chi connectivity index (χ1v) is 6.46. The monoisotopic (exact) mass is 250 g/mol. The molecule has 0 fully saturated rings. The fraction of sp³-hybridized carbons (Fsp3) is 0.500. The molecule has 0 atom stereocenters. The van der Waals surface area contributed by atoms with Crippen molar-refractivity contribution in [3.63, 3.8) is 0 Å². The summed E-state index contributed by atoms with van der Waals surface area (Å²) >= 11 is 0. The SMILES string of the molecule is CCNCc1ccccc1OCCC(=O)NCC. The van der Waals surface area contributed by atoms with Crippen molar-refractivity contribution >= 4 is 5.91 Å². The number of carbonyl (C=O) groups is 1. The minimum Gasteiger partial charge on any atom is -0.493 e. The molecule has 0 radical (unpaired) electrons. The largest absolute Gasteiger partial charge is 0.493 e. The molecule has 1 rings (SSSR count). The topological polar surface area (TPSA) is 50.4 Å². The maximum atomic E-state index is 11.3. The van der Waals surface area contributed by atoms with Gasteiger partial charge in [0.2, 0.25) is 5.91 Å². The molecule has 4 nitrogen and oxygen atoms in total. The van der Waals surface area contributed by atoms with E-state index in [9.17, 15) is 4.79 Å². The van der Waals surface area contributed by atoms with Crippen molar-refractivity contribution in [1.29, 1.82) is 0 Å². The summed E-state index contributed by atoms with van der Waals surface area (Å²) in [5, 5.41) is 6.01. The van der Waals surface area contributed by atoms with Gasteiger partial charge in [-0.1, -0.05) is 25.1 Å². The van der Waals surface area contributed by atoms with Gasteiger partial charge in [-0.2, -0.15) is 0 Å². The van der Waals surface area contributed by atoms with E-state index in [4.69, 9.17) is 4.74 Å². The first kappa shape index (κ1) is 14.5. The molecule has 0 aliphatic heterocycles. The molecule has 1 aromatic rings. The van der Waals surface area contributed by atoms with E-state index in [1.165, 1.54) is 0 Å². The van der Waals surface area contributed by atoms with E-state index in [2.05, 4.69) is 17.6 Å². The summed E-state index contributed by atoms with van der Waals surface area (Å²) in [4.78, 5) is 11.3. The average Bonchev–Trinajstić information content (AvgIpc) is 2.38. The molecule has 100 valence electrons. The Morgan fingerprint density at radius 3 is 2.72 bits per heavy atom. The molecule has 0 aliphatic rings. The number of nitrogens with one attached hydrogen (secondary N) is 2. The minimum atomic E-state index is 0.0293. The van der Waals surface area contributed by atoms with Gasteiger partial charge in [-0.25, -0.2) is 0 Å². The second-order valence-corrected chi connectivity index (χ2v) is 3.94. The summed E-state index contributed by atoms with van der Waals surface area (Å²) < 4.78 is 5.65. The number of ether oxygens (including phenoxy) is 1. The maximum absolute atomic E-state index is 11.3. The Labute approximate surface area is 109 Å². The lowest BCUT2D eigenvalue weighted by atomic mass is 10.2.